The number of aromatic nitrogens is 1. The molecular formula is C27H37NO4S. The zero-order chi connectivity index (χ0) is 24.6. The van der Waals surface area contributed by atoms with Crippen LogP contribution in [0.15, 0.2) is 48.1 Å². The lowest BCUT2D eigenvalue weighted by Gasteiger charge is -2.11. The minimum Gasteiger partial charge on any atom is -0.493 e. The van der Waals surface area contributed by atoms with Gasteiger partial charge in [0.2, 0.25) is 0 Å². The second-order valence-corrected chi connectivity index (χ2v) is 8.56. The number of rotatable bonds is 6. The number of thiazole rings is 1. The molecule has 33 heavy (non-hydrogen) atoms. The Hall–Kier alpha value is -2.86. The van der Waals surface area contributed by atoms with E-state index < -0.39 is 0 Å². The summed E-state index contributed by atoms with van der Waals surface area (Å²) < 4.78 is 12.0. The molecule has 0 aliphatic carbocycles. The van der Waals surface area contributed by atoms with Gasteiger partial charge in [-0.2, -0.15) is 0 Å². The van der Waals surface area contributed by atoms with Crippen LogP contribution in [0.25, 0.3) is 6.08 Å². The Morgan fingerprint density at radius 2 is 2.09 bits per heavy atom. The van der Waals surface area contributed by atoms with E-state index in [1.807, 2.05) is 58.1 Å². The molecule has 1 aromatic heterocycles. The third-order valence-corrected chi connectivity index (χ3v) is 5.88. The number of hydrogen-bond acceptors (Lipinski definition) is 5. The highest BCUT2D eigenvalue weighted by atomic mass is 32.1. The molecule has 3 rings (SSSR count). The molecule has 0 fully saturated rings. The standard InChI is InChI=1S/C24H29NO2S.C2H6.CH2O2/c1-5-7-17(2)8-6-9-24-25-19(4)23(28-24)16-27-21-11-10-20-14-18(3)12-13-26-22(20)15-21;1-2;2-1-3/h5-11,15,18H,12-14,16H2,1-4H3;1-2H3;1H,(H,2,3)/b7-5-,9-6+,17-8-;;. The van der Waals surface area contributed by atoms with E-state index in [9.17, 15) is 0 Å². The number of ether oxygens (including phenoxy) is 2. The van der Waals surface area contributed by atoms with E-state index in [0.717, 1.165) is 46.5 Å². The summed E-state index contributed by atoms with van der Waals surface area (Å²) in [7, 11) is 0. The van der Waals surface area contributed by atoms with Crippen molar-refractivity contribution in [1.82, 2.24) is 4.98 Å². The lowest BCUT2D eigenvalue weighted by atomic mass is 9.99. The molecule has 5 nitrogen and oxygen atoms in total. The number of allylic oxidation sites excluding steroid dienone is 5. The summed E-state index contributed by atoms with van der Waals surface area (Å²) in [6, 6.07) is 6.21. The number of carbonyl (C=O) groups is 1. The van der Waals surface area contributed by atoms with Gasteiger partial charge in [-0.15, -0.1) is 11.3 Å². The molecule has 1 aromatic carbocycles. The Balaban J connectivity index is 0.00000101. The van der Waals surface area contributed by atoms with E-state index in [4.69, 9.17) is 19.4 Å². The van der Waals surface area contributed by atoms with Crippen molar-refractivity contribution in [1.29, 1.82) is 0 Å². The fourth-order valence-corrected chi connectivity index (χ4v) is 4.07. The summed E-state index contributed by atoms with van der Waals surface area (Å²) in [5.41, 5.74) is 3.52. The molecule has 2 aromatic rings. The smallest absolute Gasteiger partial charge is 0.290 e. The highest BCUT2D eigenvalue weighted by Crippen LogP contribution is 2.31. The van der Waals surface area contributed by atoms with Gasteiger partial charge >= 0.3 is 0 Å². The lowest BCUT2D eigenvalue weighted by molar-refractivity contribution is -0.122. The minimum atomic E-state index is -0.250. The topological polar surface area (TPSA) is 68.7 Å². The molecule has 1 atom stereocenters. The maximum atomic E-state index is 8.36. The molecule has 0 saturated carbocycles. The highest BCUT2D eigenvalue weighted by molar-refractivity contribution is 7.12. The van der Waals surface area contributed by atoms with E-state index in [2.05, 4.69) is 37.0 Å². The normalized spacial score (nSPS) is 15.5. The van der Waals surface area contributed by atoms with Gasteiger partial charge in [0.05, 0.1) is 17.2 Å². The molecule has 1 aliphatic rings. The average Bonchev–Trinajstić information content (AvgIpc) is 3.03. The number of aryl methyl sites for hydroxylation is 1. The van der Waals surface area contributed by atoms with Crippen LogP contribution in [0.3, 0.4) is 0 Å². The van der Waals surface area contributed by atoms with Gasteiger partial charge in [-0.1, -0.05) is 56.7 Å². The predicted molar refractivity (Wildman–Crippen MR) is 138 cm³/mol. The van der Waals surface area contributed by atoms with Crippen LogP contribution in [-0.4, -0.2) is 23.2 Å². The molecule has 1 unspecified atom stereocenters. The number of hydrogen-bond donors (Lipinski definition) is 1. The van der Waals surface area contributed by atoms with E-state index >= 15 is 0 Å². The third kappa shape index (κ3) is 10.1. The number of fused-ring (bicyclic) bond motifs is 1. The van der Waals surface area contributed by atoms with Gasteiger partial charge in [-0.3, -0.25) is 4.79 Å². The quantitative estimate of drug-likeness (QED) is 0.355. The molecule has 2 heterocycles. The van der Waals surface area contributed by atoms with E-state index in [-0.39, 0.29) is 6.47 Å². The highest BCUT2D eigenvalue weighted by Gasteiger charge is 2.15. The van der Waals surface area contributed by atoms with Crippen molar-refractivity contribution in [2.24, 2.45) is 5.92 Å². The van der Waals surface area contributed by atoms with Gasteiger partial charge < -0.3 is 14.6 Å². The van der Waals surface area contributed by atoms with Crippen LogP contribution in [-0.2, 0) is 17.8 Å². The van der Waals surface area contributed by atoms with Crippen LogP contribution in [0.5, 0.6) is 11.5 Å². The largest absolute Gasteiger partial charge is 0.493 e. The summed E-state index contributed by atoms with van der Waals surface area (Å²) in [6.45, 7) is 13.5. The first kappa shape index (κ1) is 28.2. The van der Waals surface area contributed by atoms with Gasteiger partial charge in [0.25, 0.3) is 6.47 Å². The second kappa shape index (κ2) is 15.9. The Labute approximate surface area is 202 Å². The van der Waals surface area contributed by atoms with Crippen molar-refractivity contribution in [2.75, 3.05) is 6.61 Å². The molecule has 0 radical (unpaired) electrons. The van der Waals surface area contributed by atoms with E-state index in [0.29, 0.717) is 12.5 Å². The lowest BCUT2D eigenvalue weighted by Crippen LogP contribution is -2.00. The van der Waals surface area contributed by atoms with Gasteiger partial charge in [-0.25, -0.2) is 4.98 Å². The van der Waals surface area contributed by atoms with Crippen LogP contribution in [0, 0.1) is 12.8 Å². The predicted octanol–water partition coefficient (Wildman–Crippen LogP) is 7.25. The maximum Gasteiger partial charge on any atom is 0.290 e. The van der Waals surface area contributed by atoms with Crippen molar-refractivity contribution in [2.45, 2.75) is 61.0 Å². The zero-order valence-corrected chi connectivity index (χ0v) is 21.4. The first-order chi connectivity index (χ1) is 16.0. The maximum absolute atomic E-state index is 8.36. The average molecular weight is 472 g/mol. The Bertz CT molecular complexity index is 944. The second-order valence-electron chi connectivity index (χ2n) is 7.44. The number of nitrogens with zero attached hydrogens (tertiary/aromatic N) is 1. The summed E-state index contributed by atoms with van der Waals surface area (Å²) in [5, 5.41) is 7.89. The van der Waals surface area contributed by atoms with Crippen LogP contribution in [0.4, 0.5) is 0 Å². The van der Waals surface area contributed by atoms with Crippen molar-refractivity contribution in [3.63, 3.8) is 0 Å². The van der Waals surface area contributed by atoms with Crippen molar-refractivity contribution in [3.05, 3.63) is 69.2 Å². The summed E-state index contributed by atoms with van der Waals surface area (Å²) in [5.74, 6) is 2.48. The molecular weight excluding hydrogens is 434 g/mol. The monoisotopic (exact) mass is 471 g/mol. The van der Waals surface area contributed by atoms with Crippen LogP contribution in [0.2, 0.25) is 0 Å². The Morgan fingerprint density at radius 1 is 1.36 bits per heavy atom. The number of carboxylic acid groups (broad SMARTS) is 1. The van der Waals surface area contributed by atoms with E-state index in [1.54, 1.807) is 11.3 Å². The minimum absolute atomic E-state index is 0.250. The van der Waals surface area contributed by atoms with Crippen LogP contribution >= 0.6 is 11.3 Å². The van der Waals surface area contributed by atoms with Gasteiger partial charge in [-0.05, 0) is 57.2 Å². The Kier molecular flexibility index (Phi) is 13.5. The summed E-state index contributed by atoms with van der Waals surface area (Å²) in [4.78, 5) is 14.1. The molecule has 0 amide bonds. The molecule has 1 aliphatic heterocycles. The number of benzene rings is 1. The summed E-state index contributed by atoms with van der Waals surface area (Å²) in [6.07, 6.45) is 12.5. The molecule has 0 saturated heterocycles. The van der Waals surface area contributed by atoms with Crippen LogP contribution < -0.4 is 9.47 Å². The van der Waals surface area contributed by atoms with Gasteiger partial charge in [0.1, 0.15) is 23.1 Å². The molecule has 1 N–H and O–H groups in total. The molecule has 0 spiro atoms. The van der Waals surface area contributed by atoms with Crippen LogP contribution in [0.1, 0.15) is 62.2 Å². The van der Waals surface area contributed by atoms with Crippen molar-refractivity contribution in [3.8, 4) is 11.5 Å². The Morgan fingerprint density at radius 3 is 2.79 bits per heavy atom. The SMILES string of the molecule is CC.C\C=C/C(C)=C\C=C\c1nc(C)c(COc2ccc3c(c2)OCCC(C)C3)s1.O=CO. The molecule has 6 heteroatoms. The fraction of sp³-hybridized carbons (Fsp3) is 0.407. The third-order valence-electron chi connectivity index (χ3n) is 4.78. The fourth-order valence-electron chi connectivity index (χ4n) is 3.18. The molecule has 0 bridgehead atoms. The van der Waals surface area contributed by atoms with Gasteiger partial charge in [0, 0.05) is 6.07 Å². The van der Waals surface area contributed by atoms with Crippen molar-refractivity contribution < 1.29 is 19.4 Å². The first-order valence-corrected chi connectivity index (χ1v) is 12.2. The van der Waals surface area contributed by atoms with Gasteiger partial charge in [0.15, 0.2) is 0 Å². The first-order valence-electron chi connectivity index (χ1n) is 11.4. The van der Waals surface area contributed by atoms with E-state index in [1.165, 1.54) is 11.1 Å². The molecule has 180 valence electrons. The zero-order valence-electron chi connectivity index (χ0n) is 20.6. The van der Waals surface area contributed by atoms with Crippen molar-refractivity contribution >= 4 is 23.9 Å². The summed E-state index contributed by atoms with van der Waals surface area (Å²) >= 11 is 1.67.